The van der Waals surface area contributed by atoms with Gasteiger partial charge in [0.05, 0.1) is 6.54 Å². The molecule has 1 N–H and O–H groups in total. The van der Waals surface area contributed by atoms with Crippen molar-refractivity contribution in [3.05, 3.63) is 18.2 Å². The predicted octanol–water partition coefficient (Wildman–Crippen LogP) is 1.11. The molecule has 6 heteroatoms. The molecule has 0 aliphatic rings. The predicted molar refractivity (Wildman–Crippen MR) is 39.0 cm³/mol. The standard InChI is InChI=1S/C7H9F3N2O/c1-5-11-2-3-12(5)4-6(13)7(8,9)10/h2-3,6,13H,4H2,1H3/t6-/m0/s1. The monoisotopic (exact) mass is 194 g/mol. The van der Waals surface area contributed by atoms with Gasteiger partial charge in [-0.25, -0.2) is 4.98 Å². The number of imidazole rings is 1. The number of halogens is 3. The minimum atomic E-state index is -4.57. The third-order valence-electron chi connectivity index (χ3n) is 1.67. The maximum Gasteiger partial charge on any atom is 0.416 e. The van der Waals surface area contributed by atoms with Crippen LogP contribution in [0.1, 0.15) is 5.82 Å². The van der Waals surface area contributed by atoms with Gasteiger partial charge < -0.3 is 9.67 Å². The van der Waals surface area contributed by atoms with Gasteiger partial charge in [-0.15, -0.1) is 0 Å². The first-order valence-corrected chi connectivity index (χ1v) is 3.64. The molecule has 0 bridgehead atoms. The summed E-state index contributed by atoms with van der Waals surface area (Å²) in [6, 6.07) is 0. The fourth-order valence-electron chi connectivity index (χ4n) is 0.886. The summed E-state index contributed by atoms with van der Waals surface area (Å²) in [4.78, 5) is 3.74. The van der Waals surface area contributed by atoms with E-state index in [1.165, 1.54) is 17.0 Å². The van der Waals surface area contributed by atoms with Crippen molar-refractivity contribution < 1.29 is 18.3 Å². The maximum atomic E-state index is 11.9. The third kappa shape index (κ3) is 2.45. The zero-order valence-electron chi connectivity index (χ0n) is 6.91. The van der Waals surface area contributed by atoms with E-state index in [4.69, 9.17) is 5.11 Å². The Morgan fingerprint density at radius 2 is 2.23 bits per heavy atom. The Bertz CT molecular complexity index is 282. The highest BCUT2D eigenvalue weighted by atomic mass is 19.4. The molecule has 0 saturated heterocycles. The third-order valence-corrected chi connectivity index (χ3v) is 1.67. The molecule has 0 spiro atoms. The zero-order chi connectivity index (χ0) is 10.1. The summed E-state index contributed by atoms with van der Waals surface area (Å²) in [6.07, 6.45) is -4.13. The smallest absolute Gasteiger partial charge is 0.382 e. The lowest BCUT2D eigenvalue weighted by Crippen LogP contribution is -2.32. The second kappa shape index (κ2) is 3.37. The van der Waals surface area contributed by atoms with E-state index in [2.05, 4.69) is 4.98 Å². The maximum absolute atomic E-state index is 11.9. The SMILES string of the molecule is Cc1nccn1C[C@H](O)C(F)(F)F. The summed E-state index contributed by atoms with van der Waals surface area (Å²) in [5, 5.41) is 8.71. The van der Waals surface area contributed by atoms with Gasteiger partial charge in [0.25, 0.3) is 0 Å². The van der Waals surface area contributed by atoms with Crippen molar-refractivity contribution in [1.29, 1.82) is 0 Å². The van der Waals surface area contributed by atoms with E-state index in [0.717, 1.165) is 0 Å². The average molecular weight is 194 g/mol. The number of aliphatic hydroxyl groups is 1. The molecule has 74 valence electrons. The number of hydrogen-bond donors (Lipinski definition) is 1. The molecule has 0 amide bonds. The van der Waals surface area contributed by atoms with Gasteiger partial charge in [-0.2, -0.15) is 13.2 Å². The van der Waals surface area contributed by atoms with Crippen LogP contribution in [0.3, 0.4) is 0 Å². The Labute approximate surface area is 72.8 Å². The molecule has 0 aliphatic heterocycles. The van der Waals surface area contributed by atoms with E-state index in [-0.39, 0.29) is 0 Å². The van der Waals surface area contributed by atoms with Crippen LogP contribution >= 0.6 is 0 Å². The number of aliphatic hydroxyl groups excluding tert-OH is 1. The molecule has 3 nitrogen and oxygen atoms in total. The van der Waals surface area contributed by atoms with Gasteiger partial charge in [-0.3, -0.25) is 0 Å². The molecule has 0 radical (unpaired) electrons. The Morgan fingerprint density at radius 1 is 1.62 bits per heavy atom. The van der Waals surface area contributed by atoms with Crippen LogP contribution < -0.4 is 0 Å². The van der Waals surface area contributed by atoms with Crippen molar-refractivity contribution in [2.24, 2.45) is 0 Å². The molecule has 0 unspecified atom stereocenters. The van der Waals surface area contributed by atoms with Crippen LogP contribution in [0.15, 0.2) is 12.4 Å². The van der Waals surface area contributed by atoms with Gasteiger partial charge in [0.2, 0.25) is 0 Å². The van der Waals surface area contributed by atoms with Gasteiger partial charge in [0.1, 0.15) is 5.82 Å². The quantitative estimate of drug-likeness (QED) is 0.765. The number of rotatable bonds is 2. The van der Waals surface area contributed by atoms with E-state index in [0.29, 0.717) is 5.82 Å². The lowest BCUT2D eigenvalue weighted by molar-refractivity contribution is -0.207. The van der Waals surface area contributed by atoms with Gasteiger partial charge in [-0.1, -0.05) is 0 Å². The van der Waals surface area contributed by atoms with Crippen LogP contribution in [0.4, 0.5) is 13.2 Å². The van der Waals surface area contributed by atoms with Crippen molar-refractivity contribution in [1.82, 2.24) is 9.55 Å². The minimum Gasteiger partial charge on any atom is -0.382 e. The van der Waals surface area contributed by atoms with Crippen LogP contribution in [0, 0.1) is 6.92 Å². The first-order valence-electron chi connectivity index (χ1n) is 3.64. The molecular weight excluding hydrogens is 185 g/mol. The molecular formula is C7H9F3N2O. The fourth-order valence-corrected chi connectivity index (χ4v) is 0.886. The summed E-state index contributed by atoms with van der Waals surface area (Å²) in [5.74, 6) is 0.448. The highest BCUT2D eigenvalue weighted by Crippen LogP contribution is 2.21. The zero-order valence-corrected chi connectivity index (χ0v) is 6.91. The molecule has 13 heavy (non-hydrogen) atoms. The summed E-state index contributed by atoms with van der Waals surface area (Å²) in [6.45, 7) is 1.07. The van der Waals surface area contributed by atoms with Crippen molar-refractivity contribution >= 4 is 0 Å². The van der Waals surface area contributed by atoms with E-state index < -0.39 is 18.8 Å². The van der Waals surface area contributed by atoms with Crippen LogP contribution in [-0.2, 0) is 6.54 Å². The molecule has 1 aromatic heterocycles. The van der Waals surface area contributed by atoms with Gasteiger partial charge in [0.15, 0.2) is 6.10 Å². The molecule has 0 saturated carbocycles. The lowest BCUT2D eigenvalue weighted by Gasteiger charge is -2.15. The van der Waals surface area contributed by atoms with Crippen LogP contribution in [0.25, 0.3) is 0 Å². The van der Waals surface area contributed by atoms with Crippen LogP contribution in [0.5, 0.6) is 0 Å². The summed E-state index contributed by atoms with van der Waals surface area (Å²) in [7, 11) is 0. The summed E-state index contributed by atoms with van der Waals surface area (Å²) in [5.41, 5.74) is 0. The van der Waals surface area contributed by atoms with Crippen molar-refractivity contribution in [2.75, 3.05) is 0 Å². The highest BCUT2D eigenvalue weighted by Gasteiger charge is 2.38. The van der Waals surface area contributed by atoms with Crippen LogP contribution in [0.2, 0.25) is 0 Å². The molecule has 0 aromatic carbocycles. The molecule has 0 aliphatic carbocycles. The summed E-state index contributed by atoms with van der Waals surface area (Å²) < 4.78 is 36.9. The largest absolute Gasteiger partial charge is 0.416 e. The molecule has 0 fully saturated rings. The van der Waals surface area contributed by atoms with Gasteiger partial charge >= 0.3 is 6.18 Å². The summed E-state index contributed by atoms with van der Waals surface area (Å²) >= 11 is 0. The van der Waals surface area contributed by atoms with Crippen molar-refractivity contribution in [3.63, 3.8) is 0 Å². The normalized spacial score (nSPS) is 14.5. The van der Waals surface area contributed by atoms with Crippen LogP contribution in [-0.4, -0.2) is 26.9 Å². The van der Waals surface area contributed by atoms with Crippen molar-refractivity contribution in [3.8, 4) is 0 Å². The van der Waals surface area contributed by atoms with E-state index in [1.807, 2.05) is 0 Å². The molecule has 1 aromatic rings. The first kappa shape index (κ1) is 10.0. The second-order valence-electron chi connectivity index (χ2n) is 2.68. The van der Waals surface area contributed by atoms with Crippen molar-refractivity contribution in [2.45, 2.75) is 25.7 Å². The Balaban J connectivity index is 2.65. The lowest BCUT2D eigenvalue weighted by atomic mass is 10.3. The van der Waals surface area contributed by atoms with Gasteiger partial charge in [-0.05, 0) is 6.92 Å². The highest BCUT2D eigenvalue weighted by molar-refractivity contribution is 4.89. The Morgan fingerprint density at radius 3 is 2.62 bits per heavy atom. The molecule has 1 heterocycles. The Kier molecular flexibility index (Phi) is 2.60. The first-order chi connectivity index (χ1) is 5.91. The van der Waals surface area contributed by atoms with E-state index in [9.17, 15) is 13.2 Å². The molecule has 1 atom stereocenters. The van der Waals surface area contributed by atoms with E-state index in [1.54, 1.807) is 6.92 Å². The number of alkyl halides is 3. The second-order valence-corrected chi connectivity index (χ2v) is 2.68. The number of aryl methyl sites for hydroxylation is 1. The average Bonchev–Trinajstić information content (AvgIpc) is 2.34. The van der Waals surface area contributed by atoms with Gasteiger partial charge in [0, 0.05) is 12.4 Å². The molecule has 1 rings (SSSR count). The number of nitrogens with zero attached hydrogens (tertiary/aromatic N) is 2. The number of aromatic nitrogens is 2. The minimum absolute atomic E-state index is 0.448. The fraction of sp³-hybridized carbons (Fsp3) is 0.571. The number of hydrogen-bond acceptors (Lipinski definition) is 2. The Hall–Kier alpha value is -1.04. The van der Waals surface area contributed by atoms with E-state index >= 15 is 0 Å². The topological polar surface area (TPSA) is 38.0 Å².